The van der Waals surface area contributed by atoms with Gasteiger partial charge >= 0.3 is 0 Å². The first-order valence-corrected chi connectivity index (χ1v) is 6.75. The minimum Gasteiger partial charge on any atom is -0.321 e. The van der Waals surface area contributed by atoms with E-state index < -0.39 is 0 Å². The van der Waals surface area contributed by atoms with E-state index in [2.05, 4.69) is 42.9 Å². The Morgan fingerprint density at radius 2 is 2.05 bits per heavy atom. The number of carbonyl (C=O) groups is 1. The molecule has 6 heteroatoms. The number of carbonyl (C=O) groups excluding carboxylic acids is 1. The normalized spacial score (nSPS) is 11.5. The van der Waals surface area contributed by atoms with Crippen LogP contribution in [0.25, 0.3) is 5.70 Å². The molecule has 112 valence electrons. The summed E-state index contributed by atoms with van der Waals surface area (Å²) in [5.41, 5.74) is 2.50. The quantitative estimate of drug-likeness (QED) is 0.940. The summed E-state index contributed by atoms with van der Waals surface area (Å²) in [5, 5.41) is 11.2. The minimum absolute atomic E-state index is 0.109. The molecule has 2 rings (SSSR count). The summed E-state index contributed by atoms with van der Waals surface area (Å²) in [6.45, 7) is 11.9. The summed E-state index contributed by atoms with van der Waals surface area (Å²) in [4.78, 5) is 12.2. The van der Waals surface area contributed by atoms with Gasteiger partial charge in [-0.2, -0.15) is 10.2 Å². The second-order valence-corrected chi connectivity index (χ2v) is 6.07. The van der Waals surface area contributed by atoms with Gasteiger partial charge < -0.3 is 5.32 Å². The maximum Gasteiger partial charge on any atom is 0.273 e. The number of nitrogens with one attached hydrogen (secondary N) is 1. The molecule has 0 atom stereocenters. The molecule has 2 aromatic heterocycles. The van der Waals surface area contributed by atoms with E-state index in [4.69, 9.17) is 0 Å². The maximum atomic E-state index is 12.2. The number of aromatic nitrogens is 4. The average molecular weight is 287 g/mol. The highest BCUT2D eigenvalue weighted by atomic mass is 16.2. The van der Waals surface area contributed by atoms with Crippen LogP contribution < -0.4 is 5.32 Å². The molecule has 1 N–H and O–H groups in total. The van der Waals surface area contributed by atoms with Crippen molar-refractivity contribution < 1.29 is 4.79 Å². The lowest BCUT2D eigenvalue weighted by molar-refractivity contribution is 0.0964. The molecule has 1 amide bonds. The van der Waals surface area contributed by atoms with Crippen LogP contribution in [-0.4, -0.2) is 25.5 Å². The molecule has 0 aliphatic heterocycles. The van der Waals surface area contributed by atoms with Gasteiger partial charge in [-0.3, -0.25) is 14.2 Å². The van der Waals surface area contributed by atoms with Gasteiger partial charge in [-0.05, 0) is 33.8 Å². The van der Waals surface area contributed by atoms with Gasteiger partial charge in [0.25, 0.3) is 5.91 Å². The van der Waals surface area contributed by atoms with Crippen molar-refractivity contribution >= 4 is 11.6 Å². The van der Waals surface area contributed by atoms with E-state index in [1.165, 1.54) is 0 Å². The molecule has 2 aromatic rings. The molecule has 0 aromatic carbocycles. The van der Waals surface area contributed by atoms with Gasteiger partial charge in [0, 0.05) is 24.5 Å². The molecule has 0 aliphatic rings. The lowest BCUT2D eigenvalue weighted by atomic mass is 10.1. The molecule has 0 radical (unpaired) electrons. The summed E-state index contributed by atoms with van der Waals surface area (Å²) in [6.07, 6.45) is 3.57. The lowest BCUT2D eigenvalue weighted by Crippen LogP contribution is -2.24. The molecule has 0 saturated heterocycles. The standard InChI is InChI=1S/C15H21N5O/c1-10-7-13(19(6)18-10)14(21)17-11(2)12-8-16-20(9-12)15(3,4)5/h7-9H,2H2,1,3-6H3,(H,17,21). The fourth-order valence-electron chi connectivity index (χ4n) is 1.94. The van der Waals surface area contributed by atoms with Crippen LogP contribution in [0.2, 0.25) is 0 Å². The fraction of sp³-hybridized carbons (Fsp3) is 0.400. The zero-order chi connectivity index (χ0) is 15.8. The van der Waals surface area contributed by atoms with E-state index in [1.54, 1.807) is 24.0 Å². The van der Waals surface area contributed by atoms with Gasteiger partial charge in [0.15, 0.2) is 0 Å². The molecular weight excluding hydrogens is 266 g/mol. The van der Waals surface area contributed by atoms with Crippen molar-refractivity contribution in [1.29, 1.82) is 0 Å². The second-order valence-electron chi connectivity index (χ2n) is 6.07. The second kappa shape index (κ2) is 5.20. The number of aryl methyl sites for hydroxylation is 2. The third-order valence-electron chi connectivity index (χ3n) is 3.12. The predicted molar refractivity (Wildman–Crippen MR) is 81.7 cm³/mol. The van der Waals surface area contributed by atoms with Crippen molar-refractivity contribution in [3.05, 3.63) is 42.0 Å². The van der Waals surface area contributed by atoms with Gasteiger partial charge in [-0.15, -0.1) is 0 Å². The van der Waals surface area contributed by atoms with Crippen LogP contribution in [0.1, 0.15) is 42.5 Å². The molecule has 21 heavy (non-hydrogen) atoms. The number of nitrogens with zero attached hydrogens (tertiary/aromatic N) is 4. The van der Waals surface area contributed by atoms with Crippen LogP contribution in [0.5, 0.6) is 0 Å². The van der Waals surface area contributed by atoms with E-state index in [0.29, 0.717) is 11.4 Å². The summed E-state index contributed by atoms with van der Waals surface area (Å²) in [6, 6.07) is 1.74. The molecule has 0 saturated carbocycles. The highest BCUT2D eigenvalue weighted by molar-refractivity contribution is 5.98. The van der Waals surface area contributed by atoms with Crippen LogP contribution in [0.15, 0.2) is 25.0 Å². The topological polar surface area (TPSA) is 64.7 Å². The smallest absolute Gasteiger partial charge is 0.273 e. The molecule has 0 spiro atoms. The van der Waals surface area contributed by atoms with E-state index in [0.717, 1.165) is 11.3 Å². The SMILES string of the molecule is C=C(NC(=O)c1cc(C)nn1C)c1cnn(C(C)(C)C)c1. The zero-order valence-corrected chi connectivity index (χ0v) is 13.1. The molecule has 0 unspecified atom stereocenters. The van der Waals surface area contributed by atoms with Crippen LogP contribution >= 0.6 is 0 Å². The van der Waals surface area contributed by atoms with Gasteiger partial charge in [0.2, 0.25) is 0 Å². The van der Waals surface area contributed by atoms with Gasteiger partial charge in [-0.25, -0.2) is 0 Å². The van der Waals surface area contributed by atoms with Crippen LogP contribution in [0.4, 0.5) is 0 Å². The largest absolute Gasteiger partial charge is 0.321 e. The third kappa shape index (κ3) is 3.21. The molecule has 0 fully saturated rings. The van der Waals surface area contributed by atoms with Crippen molar-refractivity contribution in [2.75, 3.05) is 0 Å². The third-order valence-corrected chi connectivity index (χ3v) is 3.12. The van der Waals surface area contributed by atoms with Crippen molar-refractivity contribution in [1.82, 2.24) is 24.9 Å². The Morgan fingerprint density at radius 3 is 2.52 bits per heavy atom. The van der Waals surface area contributed by atoms with E-state index in [-0.39, 0.29) is 11.4 Å². The number of amides is 1. The summed E-state index contributed by atoms with van der Waals surface area (Å²) < 4.78 is 3.39. The molecule has 2 heterocycles. The predicted octanol–water partition coefficient (Wildman–Crippen LogP) is 2.08. The Labute approximate surface area is 124 Å². The van der Waals surface area contributed by atoms with Crippen LogP contribution in [0.3, 0.4) is 0 Å². The first kappa shape index (κ1) is 15.0. The maximum absolute atomic E-state index is 12.2. The first-order valence-electron chi connectivity index (χ1n) is 6.75. The summed E-state index contributed by atoms with van der Waals surface area (Å²) >= 11 is 0. The molecule has 6 nitrogen and oxygen atoms in total. The Hall–Kier alpha value is -2.37. The minimum atomic E-state index is -0.230. The number of hydrogen-bond donors (Lipinski definition) is 1. The summed E-state index contributed by atoms with van der Waals surface area (Å²) in [7, 11) is 1.74. The Morgan fingerprint density at radius 1 is 1.38 bits per heavy atom. The molecule has 0 bridgehead atoms. The van der Waals surface area contributed by atoms with Crippen molar-refractivity contribution in [2.24, 2.45) is 7.05 Å². The van der Waals surface area contributed by atoms with Crippen molar-refractivity contribution in [3.8, 4) is 0 Å². The van der Waals surface area contributed by atoms with Gasteiger partial charge in [0.1, 0.15) is 5.69 Å². The van der Waals surface area contributed by atoms with E-state index in [1.807, 2.05) is 17.8 Å². The zero-order valence-electron chi connectivity index (χ0n) is 13.1. The van der Waals surface area contributed by atoms with Crippen molar-refractivity contribution in [2.45, 2.75) is 33.2 Å². The summed E-state index contributed by atoms with van der Waals surface area (Å²) in [5.74, 6) is -0.230. The molecule has 0 aliphatic carbocycles. The average Bonchev–Trinajstić information content (AvgIpc) is 2.95. The monoisotopic (exact) mass is 287 g/mol. The fourth-order valence-corrected chi connectivity index (χ4v) is 1.94. The van der Waals surface area contributed by atoms with Crippen molar-refractivity contribution in [3.63, 3.8) is 0 Å². The lowest BCUT2D eigenvalue weighted by Gasteiger charge is -2.18. The Kier molecular flexibility index (Phi) is 3.72. The first-order chi connectivity index (χ1) is 9.68. The number of hydrogen-bond acceptors (Lipinski definition) is 3. The number of rotatable bonds is 3. The van der Waals surface area contributed by atoms with Crippen LogP contribution in [-0.2, 0) is 12.6 Å². The Bertz CT molecular complexity index is 687. The van der Waals surface area contributed by atoms with E-state index >= 15 is 0 Å². The highest BCUT2D eigenvalue weighted by Gasteiger charge is 2.17. The van der Waals surface area contributed by atoms with Gasteiger partial charge in [0.05, 0.1) is 17.4 Å². The molecular formula is C15H21N5O. The van der Waals surface area contributed by atoms with Gasteiger partial charge in [-0.1, -0.05) is 6.58 Å². The highest BCUT2D eigenvalue weighted by Crippen LogP contribution is 2.16. The van der Waals surface area contributed by atoms with Crippen LogP contribution in [0, 0.1) is 6.92 Å². The Balaban J connectivity index is 2.13. The van der Waals surface area contributed by atoms with E-state index in [9.17, 15) is 4.79 Å².